The highest BCUT2D eigenvalue weighted by molar-refractivity contribution is 8.00. The van der Waals surface area contributed by atoms with Gasteiger partial charge in [0.15, 0.2) is 0 Å². The predicted molar refractivity (Wildman–Crippen MR) is 67.0 cm³/mol. The lowest BCUT2D eigenvalue weighted by Gasteiger charge is -2.16. The van der Waals surface area contributed by atoms with Crippen molar-refractivity contribution in [3.63, 3.8) is 0 Å². The predicted octanol–water partition coefficient (Wildman–Crippen LogP) is 2.80. The van der Waals surface area contributed by atoms with Crippen molar-refractivity contribution in [3.05, 3.63) is 29.8 Å². The summed E-state index contributed by atoms with van der Waals surface area (Å²) in [6, 6.07) is 5.04. The molecule has 0 aromatic heterocycles. The van der Waals surface area contributed by atoms with E-state index in [4.69, 9.17) is 5.11 Å². The number of rotatable bonds is 5. The van der Waals surface area contributed by atoms with Gasteiger partial charge < -0.3 is 10.4 Å². The van der Waals surface area contributed by atoms with Gasteiger partial charge in [-0.25, -0.2) is 0 Å². The number of alkyl halides is 3. The average molecular weight is 293 g/mol. The maximum absolute atomic E-state index is 12.4. The van der Waals surface area contributed by atoms with Gasteiger partial charge in [-0.15, -0.1) is 0 Å². The van der Waals surface area contributed by atoms with Crippen molar-refractivity contribution >= 4 is 17.7 Å². The summed E-state index contributed by atoms with van der Waals surface area (Å²) in [5.74, 6) is -0.617. The molecule has 3 nitrogen and oxygen atoms in total. The Bertz CT molecular complexity index is 433. The molecule has 0 heterocycles. The van der Waals surface area contributed by atoms with Gasteiger partial charge in [-0.1, -0.05) is 19.1 Å². The molecule has 1 aromatic carbocycles. The number of benzene rings is 1. The summed E-state index contributed by atoms with van der Waals surface area (Å²) in [4.78, 5) is 11.7. The zero-order valence-electron chi connectivity index (χ0n) is 10.2. The normalized spacial score (nSPS) is 13.1. The van der Waals surface area contributed by atoms with Crippen molar-refractivity contribution in [1.29, 1.82) is 0 Å². The number of aliphatic hydroxyl groups excluding tert-OH is 1. The number of aliphatic hydroxyl groups is 1. The minimum absolute atomic E-state index is 0.0447. The van der Waals surface area contributed by atoms with Crippen molar-refractivity contribution in [2.75, 3.05) is 6.61 Å². The van der Waals surface area contributed by atoms with Crippen LogP contribution in [0.2, 0.25) is 0 Å². The number of halogens is 3. The van der Waals surface area contributed by atoms with Gasteiger partial charge in [-0.2, -0.15) is 13.2 Å². The third-order valence-electron chi connectivity index (χ3n) is 2.41. The molecule has 106 valence electrons. The van der Waals surface area contributed by atoms with Gasteiger partial charge in [0.05, 0.1) is 18.2 Å². The molecular formula is C12H14F3NO2S. The highest BCUT2D eigenvalue weighted by atomic mass is 32.2. The molecule has 2 N–H and O–H groups in total. The summed E-state index contributed by atoms with van der Waals surface area (Å²) in [6.45, 7) is 1.51. The number of hydrogen-bond donors (Lipinski definition) is 2. The van der Waals surface area contributed by atoms with Crippen LogP contribution in [0.1, 0.15) is 23.7 Å². The Morgan fingerprint density at radius 1 is 1.42 bits per heavy atom. The lowest BCUT2D eigenvalue weighted by Crippen LogP contribution is -2.37. The molecule has 1 atom stereocenters. The minimum atomic E-state index is -4.45. The fraction of sp³-hybridized carbons (Fsp3) is 0.417. The van der Waals surface area contributed by atoms with Crippen LogP contribution in [0.15, 0.2) is 29.2 Å². The molecule has 0 spiro atoms. The molecule has 1 aromatic rings. The fourth-order valence-corrected chi connectivity index (χ4v) is 2.07. The summed E-state index contributed by atoms with van der Waals surface area (Å²) in [7, 11) is 0. The second-order valence-corrected chi connectivity index (χ2v) is 4.91. The average Bonchev–Trinajstić information content (AvgIpc) is 2.34. The van der Waals surface area contributed by atoms with Gasteiger partial charge in [0.1, 0.15) is 0 Å². The lowest BCUT2D eigenvalue weighted by molar-refractivity contribution is -0.0328. The molecule has 1 rings (SSSR count). The Balaban J connectivity index is 2.90. The van der Waals surface area contributed by atoms with E-state index < -0.39 is 17.5 Å². The fourth-order valence-electron chi connectivity index (χ4n) is 1.41. The highest BCUT2D eigenvalue weighted by Crippen LogP contribution is 2.38. The van der Waals surface area contributed by atoms with Crippen LogP contribution in [0, 0.1) is 0 Å². The molecule has 0 saturated heterocycles. The first-order chi connectivity index (χ1) is 8.87. The van der Waals surface area contributed by atoms with Gasteiger partial charge >= 0.3 is 5.51 Å². The monoisotopic (exact) mass is 293 g/mol. The van der Waals surface area contributed by atoms with Crippen molar-refractivity contribution in [2.24, 2.45) is 0 Å². The van der Waals surface area contributed by atoms with Crippen molar-refractivity contribution < 1.29 is 23.1 Å². The third-order valence-corrected chi connectivity index (χ3v) is 3.21. The molecule has 0 aliphatic carbocycles. The van der Waals surface area contributed by atoms with Crippen LogP contribution in [-0.2, 0) is 0 Å². The summed E-state index contributed by atoms with van der Waals surface area (Å²) in [6.07, 6.45) is 0.497. The van der Waals surface area contributed by atoms with Crippen LogP contribution in [0.25, 0.3) is 0 Å². The van der Waals surface area contributed by atoms with Gasteiger partial charge in [-0.3, -0.25) is 4.79 Å². The van der Waals surface area contributed by atoms with Gasteiger partial charge in [0, 0.05) is 4.90 Å². The standard InChI is InChI=1S/C12H14F3NO2S/c1-2-8(7-17)16-11(18)9-5-3-4-6-10(9)19-12(13,14)15/h3-6,8,17H,2,7H2,1H3,(H,16,18). The molecule has 0 aliphatic heterocycles. The summed E-state index contributed by atoms with van der Waals surface area (Å²) in [5, 5.41) is 11.5. The van der Waals surface area contributed by atoms with Crippen molar-refractivity contribution in [2.45, 2.75) is 29.8 Å². The van der Waals surface area contributed by atoms with Crippen LogP contribution in [0.3, 0.4) is 0 Å². The number of hydrogen-bond acceptors (Lipinski definition) is 3. The van der Waals surface area contributed by atoms with E-state index >= 15 is 0 Å². The Hall–Kier alpha value is -1.21. The van der Waals surface area contributed by atoms with Crippen molar-refractivity contribution in [3.8, 4) is 0 Å². The number of thioether (sulfide) groups is 1. The Kier molecular flexibility index (Phi) is 5.68. The first kappa shape index (κ1) is 15.8. The molecule has 0 bridgehead atoms. The molecule has 7 heteroatoms. The molecule has 0 aliphatic rings. The maximum Gasteiger partial charge on any atom is 0.446 e. The van der Waals surface area contributed by atoms with E-state index in [0.29, 0.717) is 6.42 Å². The van der Waals surface area contributed by atoms with Gasteiger partial charge in [-0.05, 0) is 30.3 Å². The smallest absolute Gasteiger partial charge is 0.394 e. The third kappa shape index (κ3) is 5.12. The lowest BCUT2D eigenvalue weighted by atomic mass is 10.2. The maximum atomic E-state index is 12.4. The van der Waals surface area contributed by atoms with Crippen LogP contribution in [-0.4, -0.2) is 29.2 Å². The quantitative estimate of drug-likeness (QED) is 0.821. The van der Waals surface area contributed by atoms with Crippen LogP contribution < -0.4 is 5.32 Å². The highest BCUT2D eigenvalue weighted by Gasteiger charge is 2.31. The minimum Gasteiger partial charge on any atom is -0.394 e. The number of carbonyl (C=O) groups excluding carboxylic acids is 1. The number of nitrogens with one attached hydrogen (secondary N) is 1. The second-order valence-electron chi connectivity index (χ2n) is 3.81. The summed E-state index contributed by atoms with van der Waals surface area (Å²) < 4.78 is 37.1. The van der Waals surface area contributed by atoms with E-state index in [0.717, 1.165) is 0 Å². The summed E-state index contributed by atoms with van der Waals surface area (Å²) in [5.41, 5.74) is -4.49. The van der Waals surface area contributed by atoms with Crippen LogP contribution in [0.5, 0.6) is 0 Å². The number of carbonyl (C=O) groups is 1. The van der Waals surface area contributed by atoms with E-state index in [1.54, 1.807) is 6.92 Å². The molecule has 0 radical (unpaired) electrons. The topological polar surface area (TPSA) is 49.3 Å². The zero-order valence-corrected chi connectivity index (χ0v) is 11.0. The van der Waals surface area contributed by atoms with E-state index in [1.165, 1.54) is 24.3 Å². The molecule has 0 saturated carbocycles. The Labute approximate surface area is 113 Å². The molecule has 0 fully saturated rings. The van der Waals surface area contributed by atoms with Crippen molar-refractivity contribution in [1.82, 2.24) is 5.32 Å². The van der Waals surface area contributed by atoms with Gasteiger partial charge in [0.2, 0.25) is 0 Å². The Morgan fingerprint density at radius 3 is 2.58 bits per heavy atom. The summed E-state index contributed by atoms with van der Waals surface area (Å²) >= 11 is -0.325. The molecule has 1 unspecified atom stereocenters. The van der Waals surface area contributed by atoms with Crippen LogP contribution >= 0.6 is 11.8 Å². The van der Waals surface area contributed by atoms with E-state index in [-0.39, 0.29) is 28.8 Å². The van der Waals surface area contributed by atoms with E-state index in [2.05, 4.69) is 5.32 Å². The molecule has 19 heavy (non-hydrogen) atoms. The van der Waals surface area contributed by atoms with Gasteiger partial charge in [0.25, 0.3) is 5.91 Å². The van der Waals surface area contributed by atoms with Crippen LogP contribution in [0.4, 0.5) is 13.2 Å². The first-order valence-corrected chi connectivity index (χ1v) is 6.45. The second kappa shape index (κ2) is 6.81. The molecule has 1 amide bonds. The van der Waals surface area contributed by atoms with E-state index in [1.807, 2.05) is 0 Å². The molecular weight excluding hydrogens is 279 g/mol. The Morgan fingerprint density at radius 2 is 2.05 bits per heavy atom. The zero-order chi connectivity index (χ0) is 14.5. The van der Waals surface area contributed by atoms with E-state index in [9.17, 15) is 18.0 Å². The first-order valence-electron chi connectivity index (χ1n) is 5.64. The SMILES string of the molecule is CCC(CO)NC(=O)c1ccccc1SC(F)(F)F. The number of amides is 1. The largest absolute Gasteiger partial charge is 0.446 e.